The summed E-state index contributed by atoms with van der Waals surface area (Å²) in [5, 5.41) is 0. The van der Waals surface area contributed by atoms with Crippen molar-refractivity contribution >= 4 is 15.7 Å². The number of nitrogens with zero attached hydrogens (tertiary/aromatic N) is 1. The van der Waals surface area contributed by atoms with E-state index in [9.17, 15) is 13.2 Å². The van der Waals surface area contributed by atoms with E-state index in [-0.39, 0.29) is 29.4 Å². The molecule has 2 saturated heterocycles. The molecule has 2 heterocycles. The van der Waals surface area contributed by atoms with E-state index in [4.69, 9.17) is 5.73 Å². The molecule has 104 valence electrons. The van der Waals surface area contributed by atoms with E-state index in [1.54, 1.807) is 0 Å². The Balaban J connectivity index is 2.02. The Morgan fingerprint density at radius 2 is 2.06 bits per heavy atom. The van der Waals surface area contributed by atoms with E-state index in [0.29, 0.717) is 13.0 Å². The minimum absolute atomic E-state index is 0.0363. The lowest BCUT2D eigenvalue weighted by atomic mass is 9.96. The van der Waals surface area contributed by atoms with Gasteiger partial charge in [0.15, 0.2) is 9.84 Å². The summed E-state index contributed by atoms with van der Waals surface area (Å²) in [5.74, 6) is -0.0705. The smallest absolute Gasteiger partial charge is 0.226 e. The molecule has 5 nitrogen and oxygen atoms in total. The molecular formula is C12H22N2O3S. The predicted molar refractivity (Wildman–Crippen MR) is 69.8 cm³/mol. The summed E-state index contributed by atoms with van der Waals surface area (Å²) in [7, 11) is -2.98. The van der Waals surface area contributed by atoms with Crippen LogP contribution in [0.1, 0.15) is 32.1 Å². The molecule has 6 heteroatoms. The molecule has 0 spiro atoms. The Labute approximate surface area is 109 Å². The molecule has 2 atom stereocenters. The van der Waals surface area contributed by atoms with Gasteiger partial charge in [0.2, 0.25) is 5.91 Å². The van der Waals surface area contributed by atoms with E-state index in [2.05, 4.69) is 0 Å². The Morgan fingerprint density at radius 3 is 2.67 bits per heavy atom. The molecule has 0 bridgehead atoms. The molecule has 1 amide bonds. The molecule has 18 heavy (non-hydrogen) atoms. The number of carbonyl (C=O) groups excluding carboxylic acids is 1. The topological polar surface area (TPSA) is 80.5 Å². The molecule has 2 rings (SSSR count). The standard InChI is InChI=1S/C12H22N2O3S/c13-6-4-11-3-1-2-7-14(11)12(15)10-5-8-18(16,17)9-10/h10-11H,1-9,13H2. The Morgan fingerprint density at radius 1 is 1.28 bits per heavy atom. The van der Waals surface area contributed by atoms with Gasteiger partial charge in [-0.05, 0) is 38.6 Å². The molecule has 2 fully saturated rings. The highest BCUT2D eigenvalue weighted by Crippen LogP contribution is 2.26. The number of piperidine rings is 1. The van der Waals surface area contributed by atoms with E-state index in [1.165, 1.54) is 0 Å². The Bertz CT molecular complexity index is 406. The maximum Gasteiger partial charge on any atom is 0.226 e. The highest BCUT2D eigenvalue weighted by Gasteiger charge is 2.37. The SMILES string of the molecule is NCCC1CCCCN1C(=O)C1CCS(=O)(=O)C1. The van der Waals surface area contributed by atoms with Crippen molar-refractivity contribution in [3.8, 4) is 0 Å². The van der Waals surface area contributed by atoms with E-state index < -0.39 is 9.84 Å². The fraction of sp³-hybridized carbons (Fsp3) is 0.917. The minimum Gasteiger partial charge on any atom is -0.339 e. The van der Waals surface area contributed by atoms with Gasteiger partial charge in [0.1, 0.15) is 0 Å². The second-order valence-corrected chi connectivity index (χ2v) is 7.59. The second-order valence-electron chi connectivity index (χ2n) is 5.36. The summed E-state index contributed by atoms with van der Waals surface area (Å²) in [6, 6.07) is 0.222. The Kier molecular flexibility index (Phi) is 4.27. The van der Waals surface area contributed by atoms with Gasteiger partial charge in [-0.1, -0.05) is 0 Å². The van der Waals surface area contributed by atoms with Crippen LogP contribution in [0.2, 0.25) is 0 Å². The zero-order valence-corrected chi connectivity index (χ0v) is 11.5. The average Bonchev–Trinajstić information content (AvgIpc) is 2.70. The third-order valence-electron chi connectivity index (χ3n) is 3.99. The lowest BCUT2D eigenvalue weighted by molar-refractivity contribution is -0.138. The van der Waals surface area contributed by atoms with Gasteiger partial charge in [0.05, 0.1) is 17.4 Å². The fourth-order valence-corrected chi connectivity index (χ4v) is 4.74. The van der Waals surface area contributed by atoms with Crippen LogP contribution in [-0.2, 0) is 14.6 Å². The summed E-state index contributed by atoms with van der Waals surface area (Å²) in [4.78, 5) is 14.3. The van der Waals surface area contributed by atoms with Crippen LogP contribution in [0, 0.1) is 5.92 Å². The van der Waals surface area contributed by atoms with Crippen molar-refractivity contribution in [1.82, 2.24) is 4.90 Å². The fourth-order valence-electron chi connectivity index (χ4n) is 3.01. The number of likely N-dealkylation sites (tertiary alicyclic amines) is 1. The van der Waals surface area contributed by atoms with E-state index in [0.717, 1.165) is 32.2 Å². The van der Waals surface area contributed by atoms with Gasteiger partial charge in [-0.25, -0.2) is 8.42 Å². The van der Waals surface area contributed by atoms with Gasteiger partial charge < -0.3 is 10.6 Å². The zero-order chi connectivity index (χ0) is 13.2. The molecule has 0 aromatic rings. The van der Waals surface area contributed by atoms with Crippen molar-refractivity contribution in [2.75, 3.05) is 24.6 Å². The van der Waals surface area contributed by atoms with Crippen LogP contribution in [-0.4, -0.2) is 49.9 Å². The summed E-state index contributed by atoms with van der Waals surface area (Å²) < 4.78 is 22.9. The first-order valence-electron chi connectivity index (χ1n) is 6.74. The number of carbonyl (C=O) groups is 1. The summed E-state index contributed by atoms with van der Waals surface area (Å²) in [5.41, 5.74) is 5.58. The van der Waals surface area contributed by atoms with E-state index in [1.807, 2.05) is 4.90 Å². The molecule has 2 unspecified atom stereocenters. The van der Waals surface area contributed by atoms with Crippen LogP contribution in [0.4, 0.5) is 0 Å². The molecule has 2 aliphatic rings. The van der Waals surface area contributed by atoms with Gasteiger partial charge >= 0.3 is 0 Å². The van der Waals surface area contributed by atoms with Crippen molar-refractivity contribution in [3.05, 3.63) is 0 Å². The lowest BCUT2D eigenvalue weighted by Crippen LogP contribution is -2.47. The number of rotatable bonds is 3. The van der Waals surface area contributed by atoms with Crippen LogP contribution in [0.25, 0.3) is 0 Å². The minimum atomic E-state index is -2.98. The molecule has 2 N–H and O–H groups in total. The highest BCUT2D eigenvalue weighted by molar-refractivity contribution is 7.91. The average molecular weight is 274 g/mol. The zero-order valence-electron chi connectivity index (χ0n) is 10.7. The maximum absolute atomic E-state index is 12.4. The number of nitrogens with two attached hydrogens (primary N) is 1. The molecule has 0 aliphatic carbocycles. The van der Waals surface area contributed by atoms with Crippen molar-refractivity contribution in [2.24, 2.45) is 11.7 Å². The normalized spacial score (nSPS) is 31.5. The molecule has 0 aromatic heterocycles. The van der Waals surface area contributed by atoms with Crippen molar-refractivity contribution in [1.29, 1.82) is 0 Å². The molecule has 0 radical (unpaired) electrons. The van der Waals surface area contributed by atoms with Crippen LogP contribution in [0.5, 0.6) is 0 Å². The number of sulfone groups is 1. The van der Waals surface area contributed by atoms with Crippen molar-refractivity contribution < 1.29 is 13.2 Å². The lowest BCUT2D eigenvalue weighted by Gasteiger charge is -2.37. The number of amides is 1. The third kappa shape index (κ3) is 3.03. The first-order chi connectivity index (χ1) is 8.53. The van der Waals surface area contributed by atoms with Gasteiger partial charge in [-0.3, -0.25) is 4.79 Å². The maximum atomic E-state index is 12.4. The van der Waals surface area contributed by atoms with Gasteiger partial charge in [-0.2, -0.15) is 0 Å². The predicted octanol–water partition coefficient (Wildman–Crippen LogP) is 0.151. The van der Waals surface area contributed by atoms with Gasteiger partial charge in [-0.15, -0.1) is 0 Å². The molecule has 0 saturated carbocycles. The van der Waals surface area contributed by atoms with Gasteiger partial charge in [0, 0.05) is 12.6 Å². The third-order valence-corrected chi connectivity index (χ3v) is 5.76. The van der Waals surface area contributed by atoms with Crippen LogP contribution < -0.4 is 5.73 Å². The molecular weight excluding hydrogens is 252 g/mol. The Hall–Kier alpha value is -0.620. The summed E-state index contributed by atoms with van der Waals surface area (Å²) >= 11 is 0. The van der Waals surface area contributed by atoms with Crippen molar-refractivity contribution in [2.45, 2.75) is 38.1 Å². The van der Waals surface area contributed by atoms with Crippen LogP contribution >= 0.6 is 0 Å². The molecule has 2 aliphatic heterocycles. The largest absolute Gasteiger partial charge is 0.339 e. The quantitative estimate of drug-likeness (QED) is 0.794. The summed E-state index contributed by atoms with van der Waals surface area (Å²) in [6.45, 7) is 1.34. The first-order valence-corrected chi connectivity index (χ1v) is 8.56. The first kappa shape index (κ1) is 13.8. The highest BCUT2D eigenvalue weighted by atomic mass is 32.2. The number of hydrogen-bond acceptors (Lipinski definition) is 4. The van der Waals surface area contributed by atoms with Crippen molar-refractivity contribution in [3.63, 3.8) is 0 Å². The monoisotopic (exact) mass is 274 g/mol. The number of hydrogen-bond donors (Lipinski definition) is 1. The van der Waals surface area contributed by atoms with Crippen LogP contribution in [0.15, 0.2) is 0 Å². The summed E-state index contributed by atoms with van der Waals surface area (Å²) in [6.07, 6.45) is 4.48. The van der Waals surface area contributed by atoms with E-state index >= 15 is 0 Å². The van der Waals surface area contributed by atoms with Crippen LogP contribution in [0.3, 0.4) is 0 Å². The second kappa shape index (κ2) is 5.57. The molecule has 0 aromatic carbocycles. The van der Waals surface area contributed by atoms with Gasteiger partial charge in [0.25, 0.3) is 0 Å².